The van der Waals surface area contributed by atoms with Gasteiger partial charge >= 0.3 is 0 Å². The molecule has 6 heteroatoms. The third-order valence-corrected chi connectivity index (χ3v) is 3.82. The first-order chi connectivity index (χ1) is 11.8. The predicted molar refractivity (Wildman–Crippen MR) is 91.0 cm³/mol. The molecule has 0 aliphatic carbocycles. The highest BCUT2D eigenvalue weighted by molar-refractivity contribution is 5.76. The number of nitrogens with one attached hydrogen (secondary N) is 1. The quantitative estimate of drug-likeness (QED) is 0.630. The highest BCUT2D eigenvalue weighted by Gasteiger charge is 2.12. The average Bonchev–Trinajstić information content (AvgIpc) is 3.07. The molecule has 0 spiro atoms. The maximum atomic E-state index is 12.4. The zero-order valence-corrected chi connectivity index (χ0v) is 12.9. The van der Waals surface area contributed by atoms with E-state index in [2.05, 4.69) is 15.1 Å². The van der Waals surface area contributed by atoms with Crippen LogP contribution in [0.5, 0.6) is 5.75 Å². The maximum absolute atomic E-state index is 12.4. The van der Waals surface area contributed by atoms with Gasteiger partial charge in [-0.2, -0.15) is 0 Å². The van der Waals surface area contributed by atoms with Crippen molar-refractivity contribution in [1.82, 2.24) is 19.6 Å². The Balaban J connectivity index is 1.90. The summed E-state index contributed by atoms with van der Waals surface area (Å²) in [5.41, 5.74) is 3.38. The summed E-state index contributed by atoms with van der Waals surface area (Å²) in [5, 5.41) is 2.93. The number of aromatic amines is 1. The molecule has 4 aromatic rings. The fourth-order valence-corrected chi connectivity index (χ4v) is 2.60. The molecule has 0 amide bonds. The van der Waals surface area contributed by atoms with Crippen LogP contribution in [0.15, 0.2) is 65.7 Å². The number of benzene rings is 1. The highest BCUT2D eigenvalue weighted by Crippen LogP contribution is 2.24. The molecule has 0 unspecified atom stereocenters. The third kappa shape index (κ3) is 2.34. The summed E-state index contributed by atoms with van der Waals surface area (Å²) in [5.74, 6) is 0.757. The van der Waals surface area contributed by atoms with Crippen LogP contribution in [0.3, 0.4) is 0 Å². The summed E-state index contributed by atoms with van der Waals surface area (Å²) in [6, 6.07) is 14.6. The largest absolute Gasteiger partial charge is 0.497 e. The SMILES string of the molecule is COc1ccc(-c2cc(=O)n3[nH]cc(-c4ccccn4)c3n2)cc1. The van der Waals surface area contributed by atoms with Gasteiger partial charge in [0.1, 0.15) is 5.75 Å². The Morgan fingerprint density at radius 2 is 1.92 bits per heavy atom. The van der Waals surface area contributed by atoms with Crippen LogP contribution < -0.4 is 10.3 Å². The van der Waals surface area contributed by atoms with Crippen LogP contribution >= 0.6 is 0 Å². The molecular weight excluding hydrogens is 304 g/mol. The number of rotatable bonds is 3. The molecule has 0 saturated heterocycles. The number of pyridine rings is 1. The summed E-state index contributed by atoms with van der Waals surface area (Å²) >= 11 is 0. The molecule has 0 atom stereocenters. The van der Waals surface area contributed by atoms with Crippen molar-refractivity contribution in [2.24, 2.45) is 0 Å². The first kappa shape index (κ1) is 14.2. The Morgan fingerprint density at radius 1 is 1.08 bits per heavy atom. The van der Waals surface area contributed by atoms with E-state index in [4.69, 9.17) is 4.74 Å². The molecule has 0 aliphatic heterocycles. The second-order valence-electron chi connectivity index (χ2n) is 5.27. The van der Waals surface area contributed by atoms with Crippen molar-refractivity contribution in [3.63, 3.8) is 0 Å². The molecule has 0 saturated carbocycles. The van der Waals surface area contributed by atoms with Gasteiger partial charge in [-0.3, -0.25) is 14.9 Å². The van der Waals surface area contributed by atoms with Crippen molar-refractivity contribution in [1.29, 1.82) is 0 Å². The lowest BCUT2D eigenvalue weighted by atomic mass is 10.1. The zero-order chi connectivity index (χ0) is 16.5. The van der Waals surface area contributed by atoms with Gasteiger partial charge in [0.05, 0.1) is 24.1 Å². The molecule has 0 aliphatic rings. The smallest absolute Gasteiger partial charge is 0.273 e. The van der Waals surface area contributed by atoms with E-state index in [0.29, 0.717) is 11.3 Å². The van der Waals surface area contributed by atoms with Crippen LogP contribution in [-0.4, -0.2) is 26.7 Å². The molecule has 118 valence electrons. The topological polar surface area (TPSA) is 72.3 Å². The van der Waals surface area contributed by atoms with E-state index in [-0.39, 0.29) is 5.56 Å². The Morgan fingerprint density at radius 3 is 2.62 bits per heavy atom. The summed E-state index contributed by atoms with van der Waals surface area (Å²) in [6.45, 7) is 0. The van der Waals surface area contributed by atoms with Crippen molar-refractivity contribution in [2.45, 2.75) is 0 Å². The molecule has 4 rings (SSSR count). The maximum Gasteiger partial charge on any atom is 0.273 e. The monoisotopic (exact) mass is 318 g/mol. The zero-order valence-electron chi connectivity index (χ0n) is 12.9. The van der Waals surface area contributed by atoms with E-state index >= 15 is 0 Å². The Kier molecular flexibility index (Phi) is 3.35. The lowest BCUT2D eigenvalue weighted by Gasteiger charge is -2.04. The van der Waals surface area contributed by atoms with E-state index in [1.165, 1.54) is 10.6 Å². The van der Waals surface area contributed by atoms with Crippen LogP contribution in [0.1, 0.15) is 0 Å². The first-order valence-electron chi connectivity index (χ1n) is 7.43. The van der Waals surface area contributed by atoms with Gasteiger partial charge < -0.3 is 4.74 Å². The van der Waals surface area contributed by atoms with Crippen LogP contribution in [0.2, 0.25) is 0 Å². The molecule has 0 fully saturated rings. The number of methoxy groups -OCH3 is 1. The van der Waals surface area contributed by atoms with Crippen LogP contribution in [0.25, 0.3) is 28.2 Å². The van der Waals surface area contributed by atoms with Crippen molar-refractivity contribution in [3.05, 3.63) is 71.3 Å². The molecule has 6 nitrogen and oxygen atoms in total. The second kappa shape index (κ2) is 5.66. The lowest BCUT2D eigenvalue weighted by Crippen LogP contribution is -2.14. The number of H-pyrrole nitrogens is 1. The minimum atomic E-state index is -0.173. The molecule has 1 aromatic carbocycles. The fraction of sp³-hybridized carbons (Fsp3) is 0.0556. The van der Waals surface area contributed by atoms with Crippen molar-refractivity contribution in [3.8, 4) is 28.3 Å². The number of fused-ring (bicyclic) bond motifs is 1. The molecule has 1 N–H and O–H groups in total. The minimum Gasteiger partial charge on any atom is -0.497 e. The second-order valence-corrected chi connectivity index (χ2v) is 5.27. The van der Waals surface area contributed by atoms with Crippen LogP contribution in [0, 0.1) is 0 Å². The van der Waals surface area contributed by atoms with E-state index in [9.17, 15) is 4.79 Å². The minimum absolute atomic E-state index is 0.173. The predicted octanol–water partition coefficient (Wildman–Crippen LogP) is 2.76. The van der Waals surface area contributed by atoms with Crippen LogP contribution in [0.4, 0.5) is 0 Å². The first-order valence-corrected chi connectivity index (χ1v) is 7.43. The summed E-state index contributed by atoms with van der Waals surface area (Å²) in [6.07, 6.45) is 3.45. The number of aromatic nitrogens is 4. The number of hydrogen-bond donors (Lipinski definition) is 1. The third-order valence-electron chi connectivity index (χ3n) is 3.82. The van der Waals surface area contributed by atoms with Gasteiger partial charge in [0, 0.05) is 24.0 Å². The van der Waals surface area contributed by atoms with Crippen molar-refractivity contribution in [2.75, 3.05) is 7.11 Å². The molecule has 3 heterocycles. The van der Waals surface area contributed by atoms with E-state index < -0.39 is 0 Å². The highest BCUT2D eigenvalue weighted by atomic mass is 16.5. The average molecular weight is 318 g/mol. The normalized spacial score (nSPS) is 10.9. The molecule has 24 heavy (non-hydrogen) atoms. The molecule has 3 aromatic heterocycles. The van der Waals surface area contributed by atoms with Gasteiger partial charge in [-0.25, -0.2) is 9.50 Å². The van der Waals surface area contributed by atoms with E-state index in [0.717, 1.165) is 22.6 Å². The molecular formula is C18H14N4O2. The van der Waals surface area contributed by atoms with Gasteiger partial charge in [0.2, 0.25) is 0 Å². The van der Waals surface area contributed by atoms with Gasteiger partial charge in [-0.05, 0) is 36.4 Å². The summed E-state index contributed by atoms with van der Waals surface area (Å²) in [4.78, 5) is 21.4. The summed E-state index contributed by atoms with van der Waals surface area (Å²) < 4.78 is 6.58. The Hall–Kier alpha value is -3.41. The van der Waals surface area contributed by atoms with Gasteiger partial charge in [-0.15, -0.1) is 0 Å². The fourth-order valence-electron chi connectivity index (χ4n) is 2.60. The Labute approximate surface area is 137 Å². The number of ether oxygens (including phenoxy) is 1. The van der Waals surface area contributed by atoms with Gasteiger partial charge in [-0.1, -0.05) is 6.07 Å². The number of hydrogen-bond acceptors (Lipinski definition) is 4. The molecule has 0 radical (unpaired) electrons. The molecule has 0 bridgehead atoms. The van der Waals surface area contributed by atoms with Gasteiger partial charge in [0.15, 0.2) is 5.65 Å². The lowest BCUT2D eigenvalue weighted by molar-refractivity contribution is 0.415. The van der Waals surface area contributed by atoms with Crippen LogP contribution in [-0.2, 0) is 0 Å². The number of nitrogens with zero attached hydrogens (tertiary/aromatic N) is 3. The van der Waals surface area contributed by atoms with Crippen molar-refractivity contribution < 1.29 is 4.74 Å². The summed E-state index contributed by atoms with van der Waals surface area (Å²) in [7, 11) is 1.62. The van der Waals surface area contributed by atoms with Gasteiger partial charge in [0.25, 0.3) is 5.56 Å². The Bertz CT molecular complexity index is 1050. The standard InChI is InChI=1S/C18H14N4O2/c1-24-13-7-5-12(6-8-13)16-10-17(23)22-18(21-16)14(11-20-22)15-4-2-3-9-19-15/h2-11,20H,1H3. The van der Waals surface area contributed by atoms with E-state index in [1.807, 2.05) is 42.5 Å². The van der Waals surface area contributed by atoms with E-state index in [1.54, 1.807) is 19.5 Å². The van der Waals surface area contributed by atoms with Crippen molar-refractivity contribution >= 4 is 5.65 Å².